The first-order chi connectivity index (χ1) is 18.0. The van der Waals surface area contributed by atoms with Crippen molar-refractivity contribution < 1.29 is 31.4 Å². The first-order valence-electron chi connectivity index (χ1n) is 12.9. The van der Waals surface area contributed by atoms with E-state index >= 15 is 0 Å². The molecule has 1 aromatic carbocycles. The van der Waals surface area contributed by atoms with Crippen molar-refractivity contribution in [2.45, 2.75) is 60.0 Å². The summed E-state index contributed by atoms with van der Waals surface area (Å²) in [6.07, 6.45) is 9.96. The van der Waals surface area contributed by atoms with Crippen molar-refractivity contribution in [1.82, 2.24) is 9.29 Å². The minimum absolute atomic E-state index is 0.0758. The highest BCUT2D eigenvalue weighted by molar-refractivity contribution is 7.90. The third-order valence-electron chi connectivity index (χ3n) is 7.73. The highest BCUT2D eigenvalue weighted by Gasteiger charge is 2.44. The van der Waals surface area contributed by atoms with Gasteiger partial charge in [0.15, 0.2) is 9.84 Å². The van der Waals surface area contributed by atoms with Crippen molar-refractivity contribution in [3.8, 4) is 5.75 Å². The Hall–Kier alpha value is -2.31. The average Bonchev–Trinajstić information content (AvgIpc) is 3.53. The molecule has 5 rings (SSSR count). The van der Waals surface area contributed by atoms with Crippen LogP contribution in [-0.2, 0) is 31.0 Å². The second kappa shape index (κ2) is 10.7. The molecule has 11 heteroatoms. The molecule has 2 aliphatic heterocycles. The van der Waals surface area contributed by atoms with Gasteiger partial charge in [0, 0.05) is 25.5 Å². The molecule has 0 saturated carbocycles. The van der Waals surface area contributed by atoms with Crippen molar-refractivity contribution in [2.24, 2.45) is 5.92 Å². The van der Waals surface area contributed by atoms with Gasteiger partial charge in [0.25, 0.3) is 0 Å². The minimum Gasteiger partial charge on any atom is -0.491 e. The van der Waals surface area contributed by atoms with Crippen LogP contribution in [0.5, 0.6) is 5.75 Å². The molecule has 1 N–H and O–H groups in total. The predicted octanol–water partition coefficient (Wildman–Crippen LogP) is 2.83. The summed E-state index contributed by atoms with van der Waals surface area (Å²) in [4.78, 5) is 4.74. The molecule has 2 aromatic rings. The number of allylic oxidation sites excluding steroid dienone is 1. The summed E-state index contributed by atoms with van der Waals surface area (Å²) in [5.74, 6) is 0.693. The van der Waals surface area contributed by atoms with Gasteiger partial charge in [-0.2, -0.15) is 4.31 Å². The average molecular weight is 563 g/mol. The van der Waals surface area contributed by atoms with Gasteiger partial charge in [-0.3, -0.25) is 4.98 Å². The molecule has 2 saturated heterocycles. The number of aliphatic hydroxyl groups excluding tert-OH is 1. The zero-order chi connectivity index (χ0) is 27.0. The number of fused-ring (bicyclic) bond motifs is 1. The number of sulfonamides is 1. The number of nitrogens with zero attached hydrogens (tertiary/aromatic N) is 2. The maximum atomic E-state index is 13.2. The van der Waals surface area contributed by atoms with Crippen molar-refractivity contribution >= 4 is 25.9 Å². The van der Waals surface area contributed by atoms with Crippen LogP contribution in [0.4, 0.5) is 0 Å². The quantitative estimate of drug-likeness (QED) is 0.495. The van der Waals surface area contributed by atoms with Gasteiger partial charge in [0.1, 0.15) is 17.3 Å². The maximum Gasteiger partial charge on any atom is 0.244 e. The molecule has 2 fully saturated rings. The van der Waals surface area contributed by atoms with E-state index in [-0.39, 0.29) is 27.9 Å². The number of hydrogen-bond acceptors (Lipinski definition) is 8. The van der Waals surface area contributed by atoms with E-state index in [1.807, 2.05) is 12.2 Å². The van der Waals surface area contributed by atoms with E-state index in [4.69, 9.17) is 9.47 Å². The largest absolute Gasteiger partial charge is 0.491 e. The number of ether oxygens (including phenoxy) is 2. The van der Waals surface area contributed by atoms with Crippen LogP contribution in [0.2, 0.25) is 0 Å². The lowest BCUT2D eigenvalue weighted by molar-refractivity contribution is -0.0314. The summed E-state index contributed by atoms with van der Waals surface area (Å²) in [6.45, 7) is 1.49. The summed E-state index contributed by atoms with van der Waals surface area (Å²) in [5, 5.41) is 10.4. The van der Waals surface area contributed by atoms with Crippen LogP contribution in [0, 0.1) is 5.92 Å². The fourth-order valence-corrected chi connectivity index (χ4v) is 7.60. The lowest BCUT2D eigenvalue weighted by atomic mass is 9.84. The number of pyridine rings is 1. The molecule has 3 heterocycles. The molecule has 38 heavy (non-hydrogen) atoms. The number of hydrogen-bond donors (Lipinski definition) is 1. The van der Waals surface area contributed by atoms with Gasteiger partial charge < -0.3 is 14.6 Å². The van der Waals surface area contributed by atoms with Crippen LogP contribution >= 0.6 is 0 Å². The highest BCUT2D eigenvalue weighted by atomic mass is 32.2. The fraction of sp³-hybridized carbons (Fsp3) is 0.519. The normalized spacial score (nSPS) is 22.0. The van der Waals surface area contributed by atoms with Gasteiger partial charge in [0.05, 0.1) is 28.9 Å². The number of aromatic nitrogens is 1. The van der Waals surface area contributed by atoms with E-state index in [1.165, 1.54) is 18.3 Å². The van der Waals surface area contributed by atoms with Crippen molar-refractivity contribution in [2.75, 3.05) is 32.6 Å². The van der Waals surface area contributed by atoms with E-state index in [0.717, 1.165) is 30.4 Å². The Bertz CT molecular complexity index is 1410. The third-order valence-corrected chi connectivity index (χ3v) is 10.7. The monoisotopic (exact) mass is 562 g/mol. The number of rotatable bonds is 9. The number of piperidine rings is 1. The Morgan fingerprint density at radius 1 is 1.18 bits per heavy atom. The van der Waals surface area contributed by atoms with Gasteiger partial charge in [-0.15, -0.1) is 0 Å². The second-order valence-electron chi connectivity index (χ2n) is 10.6. The molecular weight excluding hydrogens is 528 g/mol. The van der Waals surface area contributed by atoms with E-state index in [2.05, 4.69) is 4.98 Å². The maximum absolute atomic E-state index is 13.2. The van der Waals surface area contributed by atoms with Crippen LogP contribution in [0.25, 0.3) is 6.08 Å². The van der Waals surface area contributed by atoms with Crippen LogP contribution in [0.1, 0.15) is 43.4 Å². The van der Waals surface area contributed by atoms with Crippen LogP contribution in [0.15, 0.2) is 52.4 Å². The van der Waals surface area contributed by atoms with Gasteiger partial charge in [-0.1, -0.05) is 12.1 Å². The molecule has 0 bridgehead atoms. The lowest BCUT2D eigenvalue weighted by Gasteiger charge is -2.38. The molecule has 1 aliphatic carbocycles. The summed E-state index contributed by atoms with van der Waals surface area (Å²) in [6, 6.07) is 7.99. The molecule has 2 atom stereocenters. The lowest BCUT2D eigenvalue weighted by Crippen LogP contribution is -2.46. The molecule has 1 aromatic heterocycles. The third kappa shape index (κ3) is 5.96. The Morgan fingerprint density at radius 3 is 2.74 bits per heavy atom. The summed E-state index contributed by atoms with van der Waals surface area (Å²) < 4.78 is 63.2. The molecule has 0 radical (unpaired) electrons. The van der Waals surface area contributed by atoms with Gasteiger partial charge in [-0.25, -0.2) is 16.8 Å². The van der Waals surface area contributed by atoms with Gasteiger partial charge in [0.2, 0.25) is 10.0 Å². The topological polar surface area (TPSA) is 123 Å². The predicted molar refractivity (Wildman–Crippen MR) is 142 cm³/mol. The van der Waals surface area contributed by atoms with E-state index in [9.17, 15) is 21.9 Å². The van der Waals surface area contributed by atoms with Crippen LogP contribution < -0.4 is 4.74 Å². The fourth-order valence-electron chi connectivity index (χ4n) is 5.51. The summed E-state index contributed by atoms with van der Waals surface area (Å²) in [7, 11) is -6.92. The molecule has 0 unspecified atom stereocenters. The molecule has 3 aliphatic rings. The molecule has 9 nitrogen and oxygen atoms in total. The van der Waals surface area contributed by atoms with Crippen LogP contribution in [-0.4, -0.2) is 75.5 Å². The van der Waals surface area contributed by atoms with Crippen LogP contribution in [0.3, 0.4) is 0 Å². The number of aliphatic hydroxyl groups is 1. The van der Waals surface area contributed by atoms with Crippen molar-refractivity contribution in [1.29, 1.82) is 0 Å². The van der Waals surface area contributed by atoms with Gasteiger partial charge >= 0.3 is 0 Å². The molecular formula is C27H34N2O7S2. The highest BCUT2D eigenvalue weighted by Crippen LogP contribution is 2.41. The van der Waals surface area contributed by atoms with Crippen molar-refractivity contribution in [3.05, 3.63) is 53.9 Å². The summed E-state index contributed by atoms with van der Waals surface area (Å²) >= 11 is 0. The molecule has 206 valence electrons. The Balaban J connectivity index is 1.08. The Labute approximate surface area is 224 Å². The zero-order valence-corrected chi connectivity index (χ0v) is 23.1. The molecule has 1 spiro atoms. The SMILES string of the molecule is CS(=O)(=O)c1cccc(OC[C@@H](O)CC[C@H]2COC3(CCN(S(=O)(=O)c4cnc5c(c4)CC=C5)CC3)C2)c1. The van der Waals surface area contributed by atoms with E-state index < -0.39 is 26.0 Å². The first-order valence-corrected chi connectivity index (χ1v) is 16.3. The van der Waals surface area contributed by atoms with E-state index in [1.54, 1.807) is 22.5 Å². The number of sulfone groups is 1. The molecule has 0 amide bonds. The second-order valence-corrected chi connectivity index (χ2v) is 14.5. The Morgan fingerprint density at radius 2 is 1.97 bits per heavy atom. The van der Waals surface area contributed by atoms with E-state index in [0.29, 0.717) is 51.1 Å². The summed E-state index contributed by atoms with van der Waals surface area (Å²) in [5.41, 5.74) is 1.46. The number of benzene rings is 1. The van der Waals surface area contributed by atoms with Crippen molar-refractivity contribution in [3.63, 3.8) is 0 Å². The Kier molecular flexibility index (Phi) is 7.67. The zero-order valence-electron chi connectivity index (χ0n) is 21.5. The minimum atomic E-state index is -3.60. The standard InChI is InChI=1S/C27H34N2O7S2/c1-37(31,32)24-6-3-5-23(15-24)35-19-22(30)9-8-20-16-27(36-18-20)10-12-29(13-11-27)38(33,34)25-14-21-4-2-7-26(21)28-17-25/h2-3,5-7,14-15,17,20,22,30H,4,8-13,16,18-19H2,1H3/t20-,22+/m1/s1. The van der Waals surface area contributed by atoms with Gasteiger partial charge in [-0.05, 0) is 80.3 Å². The first kappa shape index (κ1) is 27.3. The smallest absolute Gasteiger partial charge is 0.244 e.